The van der Waals surface area contributed by atoms with E-state index in [-0.39, 0.29) is 24.0 Å². The van der Waals surface area contributed by atoms with E-state index in [0.717, 1.165) is 4.88 Å². The Morgan fingerprint density at radius 1 is 1.59 bits per heavy atom. The van der Waals surface area contributed by atoms with Crippen LogP contribution >= 0.6 is 22.9 Å². The monoisotopic (exact) mass is 338 g/mol. The lowest BCUT2D eigenvalue weighted by molar-refractivity contribution is -0.384. The van der Waals surface area contributed by atoms with Gasteiger partial charge in [0.15, 0.2) is 11.1 Å². The molecule has 0 N–H and O–H groups in total. The molecule has 22 heavy (non-hydrogen) atoms. The van der Waals surface area contributed by atoms with Gasteiger partial charge in [0, 0.05) is 30.3 Å². The molecule has 2 aromatic heterocycles. The molecule has 0 aliphatic carbocycles. The Hall–Kier alpha value is -2.37. The highest BCUT2D eigenvalue weighted by molar-refractivity contribution is 7.15. The highest BCUT2D eigenvalue weighted by Gasteiger charge is 2.21. The second kappa shape index (κ2) is 7.06. The van der Waals surface area contributed by atoms with E-state index in [2.05, 4.69) is 15.9 Å². The molecule has 2 heterocycles. The molecular formula is C13H11ClN4O3S. The molecule has 0 saturated heterocycles. The fraction of sp³-hybridized carbons (Fsp3) is 0.231. The minimum absolute atomic E-state index is 0.0401. The maximum Gasteiger partial charge on any atom is 0.311 e. The fourth-order valence-electron chi connectivity index (χ4n) is 1.71. The first-order valence-electron chi connectivity index (χ1n) is 6.04. The molecule has 2 rings (SSSR count). The third kappa shape index (κ3) is 3.84. The average Bonchev–Trinajstić information content (AvgIpc) is 2.89. The molecule has 0 unspecified atom stereocenters. The van der Waals surface area contributed by atoms with Crippen molar-refractivity contribution in [3.05, 3.63) is 37.8 Å². The first-order chi connectivity index (χ1) is 10.5. The van der Waals surface area contributed by atoms with Gasteiger partial charge in [-0.25, -0.2) is 4.98 Å². The first kappa shape index (κ1) is 16.0. The van der Waals surface area contributed by atoms with Gasteiger partial charge in [0.2, 0.25) is 11.7 Å². The number of terminal acetylenes is 1. The van der Waals surface area contributed by atoms with Crippen LogP contribution in [0.3, 0.4) is 0 Å². The number of hydrogen-bond acceptors (Lipinski definition) is 7. The highest BCUT2D eigenvalue weighted by Crippen LogP contribution is 2.29. The molecule has 2 aromatic rings. The summed E-state index contributed by atoms with van der Waals surface area (Å²) in [6, 6.07) is 2.75. The van der Waals surface area contributed by atoms with Crippen LogP contribution in [0, 0.1) is 22.5 Å². The Morgan fingerprint density at radius 3 is 2.95 bits per heavy atom. The summed E-state index contributed by atoms with van der Waals surface area (Å²) in [5.41, 5.74) is -0.119. The Kier molecular flexibility index (Phi) is 5.14. The number of ether oxygens (including phenoxy) is 1. The van der Waals surface area contributed by atoms with Gasteiger partial charge in [0.05, 0.1) is 11.5 Å². The van der Waals surface area contributed by atoms with E-state index < -0.39 is 4.92 Å². The zero-order valence-corrected chi connectivity index (χ0v) is 13.1. The van der Waals surface area contributed by atoms with E-state index in [1.807, 2.05) is 0 Å². The molecule has 0 atom stereocenters. The fourth-order valence-corrected chi connectivity index (χ4v) is 2.74. The topological polar surface area (TPSA) is 81.4 Å². The number of nitro groups is 1. The SMILES string of the molecule is C#CCOc1ccc([N+](=O)[O-])c(N(C)Cc2cnc(Cl)s2)n1. The smallest absolute Gasteiger partial charge is 0.311 e. The van der Waals surface area contributed by atoms with Crippen LogP contribution in [-0.2, 0) is 6.54 Å². The molecule has 0 amide bonds. The van der Waals surface area contributed by atoms with Gasteiger partial charge in [-0.1, -0.05) is 17.5 Å². The Labute approximate surface area is 135 Å². The van der Waals surface area contributed by atoms with Gasteiger partial charge >= 0.3 is 5.69 Å². The summed E-state index contributed by atoms with van der Waals surface area (Å²) in [5.74, 6) is 2.73. The van der Waals surface area contributed by atoms with Gasteiger partial charge in [-0.15, -0.1) is 17.8 Å². The van der Waals surface area contributed by atoms with Crippen LogP contribution in [0.2, 0.25) is 4.47 Å². The van der Waals surface area contributed by atoms with Crippen molar-refractivity contribution in [3.8, 4) is 18.2 Å². The lowest BCUT2D eigenvalue weighted by Crippen LogP contribution is -2.18. The quantitative estimate of drug-likeness (QED) is 0.457. The van der Waals surface area contributed by atoms with Crippen LogP contribution in [0.1, 0.15) is 4.88 Å². The third-order valence-corrected chi connectivity index (χ3v) is 3.71. The highest BCUT2D eigenvalue weighted by atomic mass is 35.5. The van der Waals surface area contributed by atoms with Crippen molar-refractivity contribution in [1.82, 2.24) is 9.97 Å². The second-order valence-electron chi connectivity index (χ2n) is 4.18. The number of nitrogens with zero attached hydrogens (tertiary/aromatic N) is 4. The first-order valence-corrected chi connectivity index (χ1v) is 7.23. The lowest BCUT2D eigenvalue weighted by Gasteiger charge is -2.17. The summed E-state index contributed by atoms with van der Waals surface area (Å²) in [6.07, 6.45) is 6.74. The molecule has 114 valence electrons. The van der Waals surface area contributed by atoms with Gasteiger partial charge < -0.3 is 9.64 Å². The number of thiazole rings is 1. The van der Waals surface area contributed by atoms with Crippen molar-refractivity contribution in [2.24, 2.45) is 0 Å². The maximum atomic E-state index is 11.1. The number of hydrogen-bond donors (Lipinski definition) is 0. The van der Waals surface area contributed by atoms with Crippen molar-refractivity contribution < 1.29 is 9.66 Å². The van der Waals surface area contributed by atoms with Crippen LogP contribution in [0.15, 0.2) is 18.3 Å². The number of pyridine rings is 1. The zero-order valence-electron chi connectivity index (χ0n) is 11.5. The van der Waals surface area contributed by atoms with E-state index in [1.165, 1.54) is 23.5 Å². The lowest BCUT2D eigenvalue weighted by atomic mass is 10.3. The summed E-state index contributed by atoms with van der Waals surface area (Å²) < 4.78 is 5.62. The van der Waals surface area contributed by atoms with Gasteiger partial charge in [-0.2, -0.15) is 4.98 Å². The maximum absolute atomic E-state index is 11.1. The summed E-state index contributed by atoms with van der Waals surface area (Å²) in [7, 11) is 1.69. The molecular weight excluding hydrogens is 328 g/mol. The normalized spacial score (nSPS) is 10.0. The predicted octanol–water partition coefficient (Wildman–Crippen LogP) is 2.75. The number of rotatable bonds is 6. The summed E-state index contributed by atoms with van der Waals surface area (Å²) in [6.45, 7) is 0.426. The second-order valence-corrected chi connectivity index (χ2v) is 5.88. The molecule has 0 spiro atoms. The standard InChI is InChI=1S/C13H11ClN4O3S/c1-3-6-21-11-5-4-10(18(19)20)12(16-11)17(2)8-9-7-15-13(14)22-9/h1,4-5,7H,6,8H2,2H3. The summed E-state index contributed by atoms with van der Waals surface area (Å²) in [5, 5.41) is 11.1. The van der Waals surface area contributed by atoms with E-state index in [1.54, 1.807) is 18.1 Å². The van der Waals surface area contributed by atoms with Crippen molar-refractivity contribution in [2.45, 2.75) is 6.54 Å². The third-order valence-electron chi connectivity index (χ3n) is 2.61. The predicted molar refractivity (Wildman–Crippen MR) is 84.5 cm³/mol. The van der Waals surface area contributed by atoms with Crippen LogP contribution < -0.4 is 9.64 Å². The minimum Gasteiger partial charge on any atom is -0.464 e. The largest absolute Gasteiger partial charge is 0.464 e. The molecule has 9 heteroatoms. The van der Waals surface area contributed by atoms with Crippen molar-refractivity contribution in [3.63, 3.8) is 0 Å². The molecule has 7 nitrogen and oxygen atoms in total. The van der Waals surface area contributed by atoms with Crippen LogP contribution in [0.5, 0.6) is 5.88 Å². The van der Waals surface area contributed by atoms with Gasteiger partial charge in [-0.3, -0.25) is 10.1 Å². The van der Waals surface area contributed by atoms with Crippen LogP contribution in [-0.4, -0.2) is 28.5 Å². The van der Waals surface area contributed by atoms with Crippen molar-refractivity contribution >= 4 is 34.4 Å². The van der Waals surface area contributed by atoms with E-state index in [0.29, 0.717) is 11.0 Å². The summed E-state index contributed by atoms with van der Waals surface area (Å²) >= 11 is 7.08. The van der Waals surface area contributed by atoms with Crippen LogP contribution in [0.25, 0.3) is 0 Å². The number of aromatic nitrogens is 2. The zero-order chi connectivity index (χ0) is 16.1. The van der Waals surface area contributed by atoms with E-state index in [9.17, 15) is 10.1 Å². The molecule has 0 aliphatic rings. The molecule has 0 aliphatic heterocycles. The van der Waals surface area contributed by atoms with Gasteiger partial charge in [0.25, 0.3) is 0 Å². The Balaban J connectivity index is 2.28. The number of halogens is 1. The van der Waals surface area contributed by atoms with Crippen LogP contribution in [0.4, 0.5) is 11.5 Å². The Morgan fingerprint density at radius 2 is 2.36 bits per heavy atom. The van der Waals surface area contributed by atoms with E-state index >= 15 is 0 Å². The summed E-state index contributed by atoms with van der Waals surface area (Å²) in [4.78, 5) is 21.2. The molecule has 0 bridgehead atoms. The molecule has 0 fully saturated rings. The van der Waals surface area contributed by atoms with E-state index in [4.69, 9.17) is 22.8 Å². The molecule has 0 aromatic carbocycles. The number of anilines is 1. The average molecular weight is 339 g/mol. The molecule has 0 radical (unpaired) electrons. The van der Waals surface area contributed by atoms with Crippen molar-refractivity contribution in [2.75, 3.05) is 18.6 Å². The van der Waals surface area contributed by atoms with Crippen molar-refractivity contribution in [1.29, 1.82) is 0 Å². The Bertz CT molecular complexity index is 728. The molecule has 0 saturated carbocycles. The minimum atomic E-state index is -0.497. The van der Waals surface area contributed by atoms with Gasteiger partial charge in [-0.05, 0) is 0 Å². The van der Waals surface area contributed by atoms with Gasteiger partial charge in [0.1, 0.15) is 0 Å².